The number of benzene rings is 1. The van der Waals surface area contributed by atoms with Crippen molar-refractivity contribution in [2.45, 2.75) is 44.2 Å². The minimum Gasteiger partial charge on any atom is -0.370 e. The molecular weight excluding hydrogens is 277 g/mol. The van der Waals surface area contributed by atoms with Gasteiger partial charge in [-0.2, -0.15) is 0 Å². The Hall–Kier alpha value is -0.640. The van der Waals surface area contributed by atoms with Crippen LogP contribution in [0.5, 0.6) is 0 Å². The normalized spacial score (nSPS) is 34.4. The fourth-order valence-corrected chi connectivity index (χ4v) is 3.57. The number of ether oxygens (including phenoxy) is 1. The van der Waals surface area contributed by atoms with Crippen molar-refractivity contribution in [2.24, 2.45) is 5.92 Å². The van der Waals surface area contributed by atoms with Gasteiger partial charge in [-0.1, -0.05) is 24.6 Å². The fraction of sp³-hybridized carbons (Fsp3) is 0.625. The van der Waals surface area contributed by atoms with E-state index in [2.05, 4.69) is 12.2 Å². The van der Waals surface area contributed by atoms with E-state index in [0.29, 0.717) is 5.02 Å². The van der Waals surface area contributed by atoms with Gasteiger partial charge < -0.3 is 10.1 Å². The second-order valence-electron chi connectivity index (χ2n) is 6.31. The molecule has 2 aliphatic rings. The number of halogens is 2. The van der Waals surface area contributed by atoms with Gasteiger partial charge in [0.15, 0.2) is 0 Å². The lowest BCUT2D eigenvalue weighted by Crippen LogP contribution is -2.56. The zero-order valence-electron chi connectivity index (χ0n) is 11.8. The molecule has 1 spiro atoms. The van der Waals surface area contributed by atoms with E-state index in [1.807, 2.05) is 0 Å². The molecule has 1 aliphatic heterocycles. The summed E-state index contributed by atoms with van der Waals surface area (Å²) in [5.74, 6) is 0.520. The van der Waals surface area contributed by atoms with E-state index in [1.54, 1.807) is 6.07 Å². The first-order valence-electron chi connectivity index (χ1n) is 7.40. The Labute approximate surface area is 124 Å². The van der Waals surface area contributed by atoms with Crippen molar-refractivity contribution in [3.8, 4) is 0 Å². The zero-order chi connectivity index (χ0) is 14.2. The average molecular weight is 298 g/mol. The summed E-state index contributed by atoms with van der Waals surface area (Å²) >= 11 is 6.11. The Morgan fingerprint density at radius 3 is 2.70 bits per heavy atom. The highest BCUT2D eigenvalue weighted by Crippen LogP contribution is 2.37. The van der Waals surface area contributed by atoms with E-state index >= 15 is 0 Å². The summed E-state index contributed by atoms with van der Waals surface area (Å²) in [6, 6.07) is 4.52. The van der Waals surface area contributed by atoms with Gasteiger partial charge in [-0.3, -0.25) is 0 Å². The molecule has 2 fully saturated rings. The van der Waals surface area contributed by atoms with Gasteiger partial charge >= 0.3 is 0 Å². The maximum absolute atomic E-state index is 13.1. The number of rotatable bonds is 1. The molecule has 1 atom stereocenters. The van der Waals surface area contributed by atoms with E-state index in [0.717, 1.165) is 24.6 Å². The van der Waals surface area contributed by atoms with Crippen LogP contribution in [0.3, 0.4) is 0 Å². The Morgan fingerprint density at radius 2 is 2.10 bits per heavy atom. The first-order chi connectivity index (χ1) is 9.58. The topological polar surface area (TPSA) is 21.3 Å². The predicted molar refractivity (Wildman–Crippen MR) is 78.5 cm³/mol. The van der Waals surface area contributed by atoms with Gasteiger partial charge in [-0.25, -0.2) is 4.39 Å². The zero-order valence-corrected chi connectivity index (χ0v) is 12.5. The monoisotopic (exact) mass is 297 g/mol. The van der Waals surface area contributed by atoms with Crippen LogP contribution < -0.4 is 5.32 Å². The first-order valence-corrected chi connectivity index (χ1v) is 7.77. The average Bonchev–Trinajstić information content (AvgIpc) is 2.44. The van der Waals surface area contributed by atoms with E-state index in [-0.39, 0.29) is 17.5 Å². The first kappa shape index (κ1) is 14.3. The third kappa shape index (κ3) is 2.85. The van der Waals surface area contributed by atoms with Crippen molar-refractivity contribution in [2.75, 3.05) is 13.2 Å². The molecule has 4 heteroatoms. The molecule has 1 saturated carbocycles. The van der Waals surface area contributed by atoms with Gasteiger partial charge in [-0.15, -0.1) is 0 Å². The highest BCUT2D eigenvalue weighted by molar-refractivity contribution is 6.31. The predicted octanol–water partition coefficient (Wildman–Crippen LogP) is 4.09. The SMILES string of the molecule is CC1CCC2(CC1)COC(c1ccc(F)cc1Cl)CN2. The van der Waals surface area contributed by atoms with Crippen LogP contribution in [0, 0.1) is 11.7 Å². The molecular formula is C16H21ClFNO. The van der Waals surface area contributed by atoms with Crippen LogP contribution >= 0.6 is 11.6 Å². The van der Waals surface area contributed by atoms with Crippen molar-refractivity contribution in [1.82, 2.24) is 5.32 Å². The number of hydrogen-bond acceptors (Lipinski definition) is 2. The lowest BCUT2D eigenvalue weighted by atomic mass is 9.77. The highest BCUT2D eigenvalue weighted by atomic mass is 35.5. The molecule has 1 aromatic carbocycles. The molecule has 1 heterocycles. The van der Waals surface area contributed by atoms with E-state index in [9.17, 15) is 4.39 Å². The molecule has 1 aliphatic carbocycles. The fourth-order valence-electron chi connectivity index (χ4n) is 3.28. The summed E-state index contributed by atoms with van der Waals surface area (Å²) in [5.41, 5.74) is 1.02. The van der Waals surface area contributed by atoms with E-state index < -0.39 is 0 Å². The van der Waals surface area contributed by atoms with Gasteiger partial charge in [0.2, 0.25) is 0 Å². The number of morpholine rings is 1. The van der Waals surface area contributed by atoms with Gasteiger partial charge in [0.1, 0.15) is 5.82 Å². The minimum absolute atomic E-state index is 0.0759. The highest BCUT2D eigenvalue weighted by Gasteiger charge is 2.38. The third-order valence-corrected chi connectivity index (χ3v) is 5.09. The summed E-state index contributed by atoms with van der Waals surface area (Å²) in [6.45, 7) is 3.79. The van der Waals surface area contributed by atoms with Crippen molar-refractivity contribution in [3.05, 3.63) is 34.6 Å². The molecule has 1 unspecified atom stereocenters. The van der Waals surface area contributed by atoms with Crippen LogP contribution in [0.4, 0.5) is 4.39 Å². The molecule has 0 amide bonds. The van der Waals surface area contributed by atoms with Crippen LogP contribution in [0.15, 0.2) is 18.2 Å². The lowest BCUT2D eigenvalue weighted by Gasteiger charge is -2.45. The summed E-state index contributed by atoms with van der Waals surface area (Å²) < 4.78 is 19.1. The van der Waals surface area contributed by atoms with Crippen LogP contribution in [0.2, 0.25) is 5.02 Å². The second kappa shape index (κ2) is 5.63. The van der Waals surface area contributed by atoms with Crippen LogP contribution in [-0.2, 0) is 4.74 Å². The Kier molecular flexibility index (Phi) is 4.02. The number of hydrogen-bond donors (Lipinski definition) is 1. The standard InChI is InChI=1S/C16H21ClFNO/c1-11-4-6-16(7-5-11)10-20-15(9-19-16)13-3-2-12(18)8-14(13)17/h2-3,8,11,15,19H,4-7,9-10H2,1H3. The molecule has 20 heavy (non-hydrogen) atoms. The van der Waals surface area contributed by atoms with Gasteiger partial charge in [0.05, 0.1) is 12.7 Å². The lowest BCUT2D eigenvalue weighted by molar-refractivity contribution is -0.0504. The van der Waals surface area contributed by atoms with E-state index in [1.165, 1.54) is 37.8 Å². The van der Waals surface area contributed by atoms with Crippen LogP contribution in [0.1, 0.15) is 44.3 Å². The maximum Gasteiger partial charge on any atom is 0.124 e. The quantitative estimate of drug-likeness (QED) is 0.843. The van der Waals surface area contributed by atoms with Crippen molar-refractivity contribution >= 4 is 11.6 Å². The molecule has 110 valence electrons. The van der Waals surface area contributed by atoms with Crippen molar-refractivity contribution in [1.29, 1.82) is 0 Å². The van der Waals surface area contributed by atoms with Crippen molar-refractivity contribution in [3.63, 3.8) is 0 Å². The maximum atomic E-state index is 13.1. The molecule has 1 N–H and O–H groups in total. The molecule has 1 saturated heterocycles. The molecule has 3 rings (SSSR count). The van der Waals surface area contributed by atoms with Gasteiger partial charge in [-0.05, 0) is 43.7 Å². The molecule has 0 aromatic heterocycles. The largest absolute Gasteiger partial charge is 0.370 e. The van der Waals surface area contributed by atoms with Gasteiger partial charge in [0.25, 0.3) is 0 Å². The van der Waals surface area contributed by atoms with Crippen molar-refractivity contribution < 1.29 is 9.13 Å². The second-order valence-corrected chi connectivity index (χ2v) is 6.72. The molecule has 1 aromatic rings. The summed E-state index contributed by atoms with van der Waals surface area (Å²) in [5, 5.41) is 4.12. The molecule has 2 nitrogen and oxygen atoms in total. The van der Waals surface area contributed by atoms with Gasteiger partial charge in [0, 0.05) is 22.7 Å². The van der Waals surface area contributed by atoms with Crippen LogP contribution in [-0.4, -0.2) is 18.7 Å². The minimum atomic E-state index is -0.305. The smallest absolute Gasteiger partial charge is 0.124 e. The summed E-state index contributed by atoms with van der Waals surface area (Å²) in [4.78, 5) is 0. The molecule has 0 bridgehead atoms. The Morgan fingerprint density at radius 1 is 1.35 bits per heavy atom. The summed E-state index contributed by atoms with van der Waals surface area (Å²) in [7, 11) is 0. The summed E-state index contributed by atoms with van der Waals surface area (Å²) in [6.07, 6.45) is 4.81. The molecule has 0 radical (unpaired) electrons. The van der Waals surface area contributed by atoms with E-state index in [4.69, 9.17) is 16.3 Å². The Bertz CT molecular complexity index is 475. The van der Waals surface area contributed by atoms with Crippen LogP contribution in [0.25, 0.3) is 0 Å². The Balaban J connectivity index is 1.66. The third-order valence-electron chi connectivity index (χ3n) is 4.76. The number of nitrogens with one attached hydrogen (secondary N) is 1.